The van der Waals surface area contributed by atoms with Crippen LogP contribution in [-0.4, -0.2) is 21.0 Å². The van der Waals surface area contributed by atoms with Crippen molar-refractivity contribution in [3.05, 3.63) is 11.9 Å². The van der Waals surface area contributed by atoms with Crippen LogP contribution in [0.1, 0.15) is 31.9 Å². The Kier molecular flexibility index (Phi) is 2.82. The van der Waals surface area contributed by atoms with Gasteiger partial charge in [-0.3, -0.25) is 4.68 Å². The summed E-state index contributed by atoms with van der Waals surface area (Å²) in [6.45, 7) is 3.11. The van der Waals surface area contributed by atoms with Crippen LogP contribution < -0.4 is 5.32 Å². The molecule has 1 aromatic heterocycles. The number of rotatable bonds is 5. The molecule has 78 valence electrons. The molecule has 0 saturated heterocycles. The molecule has 0 spiro atoms. The van der Waals surface area contributed by atoms with Crippen LogP contribution in [0.15, 0.2) is 6.20 Å². The van der Waals surface area contributed by atoms with Crippen LogP contribution in [0.2, 0.25) is 0 Å². The first-order chi connectivity index (χ1) is 6.79. The SMILES string of the molecule is CCCC1CC1NCc1cn(C)nn1. The van der Waals surface area contributed by atoms with Gasteiger partial charge < -0.3 is 5.32 Å². The van der Waals surface area contributed by atoms with Gasteiger partial charge in [0, 0.05) is 25.8 Å². The van der Waals surface area contributed by atoms with Crippen LogP contribution in [-0.2, 0) is 13.6 Å². The van der Waals surface area contributed by atoms with Crippen LogP contribution in [0.5, 0.6) is 0 Å². The predicted molar refractivity (Wildman–Crippen MR) is 54.6 cm³/mol. The van der Waals surface area contributed by atoms with Gasteiger partial charge in [-0.1, -0.05) is 18.6 Å². The molecule has 1 aliphatic rings. The lowest BCUT2D eigenvalue weighted by atomic mass is 10.2. The highest BCUT2D eigenvalue weighted by atomic mass is 15.4. The summed E-state index contributed by atoms with van der Waals surface area (Å²) < 4.78 is 1.74. The molecule has 1 heterocycles. The first-order valence-corrected chi connectivity index (χ1v) is 5.38. The monoisotopic (exact) mass is 194 g/mol. The van der Waals surface area contributed by atoms with Crippen molar-refractivity contribution >= 4 is 0 Å². The minimum Gasteiger partial charge on any atom is -0.308 e. The molecule has 1 N–H and O–H groups in total. The fourth-order valence-electron chi connectivity index (χ4n) is 1.90. The lowest BCUT2D eigenvalue weighted by Crippen LogP contribution is -2.17. The molecule has 0 radical (unpaired) electrons. The first kappa shape index (κ1) is 9.65. The molecule has 4 heteroatoms. The molecular weight excluding hydrogens is 176 g/mol. The Morgan fingerprint density at radius 2 is 2.50 bits per heavy atom. The van der Waals surface area contributed by atoms with Gasteiger partial charge in [0.1, 0.15) is 0 Å². The Hall–Kier alpha value is -0.900. The van der Waals surface area contributed by atoms with Crippen LogP contribution in [0.4, 0.5) is 0 Å². The summed E-state index contributed by atoms with van der Waals surface area (Å²) in [4.78, 5) is 0. The largest absolute Gasteiger partial charge is 0.308 e. The number of hydrogen-bond donors (Lipinski definition) is 1. The van der Waals surface area contributed by atoms with Gasteiger partial charge in [0.2, 0.25) is 0 Å². The second-order valence-electron chi connectivity index (χ2n) is 4.16. The molecule has 0 aliphatic heterocycles. The lowest BCUT2D eigenvalue weighted by molar-refractivity contribution is 0.593. The number of nitrogens with one attached hydrogen (secondary N) is 1. The number of aromatic nitrogens is 3. The van der Waals surface area contributed by atoms with Gasteiger partial charge in [0.05, 0.1) is 5.69 Å². The Morgan fingerprint density at radius 3 is 3.14 bits per heavy atom. The van der Waals surface area contributed by atoms with Crippen LogP contribution in [0.3, 0.4) is 0 Å². The zero-order valence-electron chi connectivity index (χ0n) is 8.90. The van der Waals surface area contributed by atoms with Gasteiger partial charge in [-0.05, 0) is 18.8 Å². The molecule has 2 unspecified atom stereocenters. The standard InChI is InChI=1S/C10H18N4/c1-3-4-8-5-10(8)11-6-9-7-14(2)13-12-9/h7-8,10-11H,3-6H2,1-2H3. The van der Waals surface area contributed by atoms with E-state index in [1.807, 2.05) is 13.2 Å². The van der Waals surface area contributed by atoms with Gasteiger partial charge in [-0.15, -0.1) is 5.10 Å². The van der Waals surface area contributed by atoms with Gasteiger partial charge in [-0.25, -0.2) is 0 Å². The summed E-state index contributed by atoms with van der Waals surface area (Å²) >= 11 is 0. The van der Waals surface area contributed by atoms with Crippen molar-refractivity contribution < 1.29 is 0 Å². The topological polar surface area (TPSA) is 42.7 Å². The summed E-state index contributed by atoms with van der Waals surface area (Å²) in [7, 11) is 1.90. The fraction of sp³-hybridized carbons (Fsp3) is 0.800. The van der Waals surface area contributed by atoms with Gasteiger partial charge >= 0.3 is 0 Å². The third-order valence-corrected chi connectivity index (χ3v) is 2.78. The van der Waals surface area contributed by atoms with E-state index in [9.17, 15) is 0 Å². The van der Waals surface area contributed by atoms with Crippen molar-refractivity contribution in [2.24, 2.45) is 13.0 Å². The van der Waals surface area contributed by atoms with Crippen molar-refractivity contribution in [2.75, 3.05) is 0 Å². The number of aryl methyl sites for hydroxylation is 1. The van der Waals surface area contributed by atoms with E-state index in [1.165, 1.54) is 19.3 Å². The van der Waals surface area contributed by atoms with Crippen LogP contribution in [0, 0.1) is 5.92 Å². The van der Waals surface area contributed by atoms with E-state index in [0.29, 0.717) is 0 Å². The fourth-order valence-corrected chi connectivity index (χ4v) is 1.90. The summed E-state index contributed by atoms with van der Waals surface area (Å²) in [5, 5.41) is 11.4. The van der Waals surface area contributed by atoms with E-state index in [-0.39, 0.29) is 0 Å². The summed E-state index contributed by atoms with van der Waals surface area (Å²) in [6, 6.07) is 0.733. The molecule has 2 rings (SSSR count). The summed E-state index contributed by atoms with van der Waals surface area (Å²) in [6.07, 6.45) is 5.96. The smallest absolute Gasteiger partial charge is 0.0964 e. The zero-order valence-corrected chi connectivity index (χ0v) is 8.90. The summed E-state index contributed by atoms with van der Waals surface area (Å²) in [5.74, 6) is 0.914. The molecule has 2 atom stereocenters. The van der Waals surface area contributed by atoms with Gasteiger partial charge in [-0.2, -0.15) is 0 Å². The van der Waals surface area contributed by atoms with Crippen LogP contribution >= 0.6 is 0 Å². The third kappa shape index (κ3) is 2.32. The molecular formula is C10H18N4. The van der Waals surface area contributed by atoms with Crippen molar-refractivity contribution in [1.82, 2.24) is 20.3 Å². The Bertz CT molecular complexity index is 294. The van der Waals surface area contributed by atoms with E-state index in [0.717, 1.165) is 24.2 Å². The predicted octanol–water partition coefficient (Wildman–Crippen LogP) is 1.09. The molecule has 0 bridgehead atoms. The average molecular weight is 194 g/mol. The van der Waals surface area contributed by atoms with E-state index in [4.69, 9.17) is 0 Å². The maximum Gasteiger partial charge on any atom is 0.0964 e. The minimum absolute atomic E-state index is 0.733. The first-order valence-electron chi connectivity index (χ1n) is 5.38. The molecule has 14 heavy (non-hydrogen) atoms. The molecule has 4 nitrogen and oxygen atoms in total. The van der Waals surface area contributed by atoms with E-state index < -0.39 is 0 Å². The second-order valence-corrected chi connectivity index (χ2v) is 4.16. The molecule has 1 aromatic rings. The quantitative estimate of drug-likeness (QED) is 0.763. The lowest BCUT2D eigenvalue weighted by Gasteiger charge is -1.99. The minimum atomic E-state index is 0.733. The van der Waals surface area contributed by atoms with E-state index >= 15 is 0 Å². The number of hydrogen-bond acceptors (Lipinski definition) is 3. The van der Waals surface area contributed by atoms with Crippen molar-refractivity contribution in [3.63, 3.8) is 0 Å². The Labute approximate surface area is 84.7 Å². The van der Waals surface area contributed by atoms with Crippen molar-refractivity contribution in [3.8, 4) is 0 Å². The molecule has 1 aliphatic carbocycles. The average Bonchev–Trinajstić information content (AvgIpc) is 2.77. The second kappa shape index (κ2) is 4.09. The Morgan fingerprint density at radius 1 is 1.64 bits per heavy atom. The van der Waals surface area contributed by atoms with Crippen LogP contribution in [0.25, 0.3) is 0 Å². The van der Waals surface area contributed by atoms with E-state index in [1.54, 1.807) is 4.68 Å². The summed E-state index contributed by atoms with van der Waals surface area (Å²) in [5.41, 5.74) is 1.04. The highest BCUT2D eigenvalue weighted by Crippen LogP contribution is 2.34. The molecule has 1 saturated carbocycles. The Balaban J connectivity index is 1.69. The van der Waals surface area contributed by atoms with E-state index in [2.05, 4.69) is 22.6 Å². The number of nitrogens with zero attached hydrogens (tertiary/aromatic N) is 3. The van der Waals surface area contributed by atoms with Gasteiger partial charge in [0.25, 0.3) is 0 Å². The van der Waals surface area contributed by atoms with Crippen molar-refractivity contribution in [2.45, 2.75) is 38.8 Å². The highest BCUT2D eigenvalue weighted by molar-refractivity contribution is 4.97. The molecule has 0 amide bonds. The van der Waals surface area contributed by atoms with Gasteiger partial charge in [0.15, 0.2) is 0 Å². The van der Waals surface area contributed by atoms with Crippen molar-refractivity contribution in [1.29, 1.82) is 0 Å². The molecule has 1 fully saturated rings. The molecule has 0 aromatic carbocycles. The zero-order chi connectivity index (χ0) is 9.97. The maximum atomic E-state index is 4.04. The normalized spacial score (nSPS) is 25.3. The maximum absolute atomic E-state index is 4.04. The highest BCUT2D eigenvalue weighted by Gasteiger charge is 2.35. The third-order valence-electron chi connectivity index (χ3n) is 2.78.